The normalized spacial score (nSPS) is 11.1. The summed E-state index contributed by atoms with van der Waals surface area (Å²) in [7, 11) is 1.58. The molecule has 4 rings (SSSR count). The number of rotatable bonds is 4. The SMILES string of the molecule is COc1ccc2ccc(=O)n(Cc3ccc(F)cn3)c2c1-c1c(C)noc1C. The van der Waals surface area contributed by atoms with Crippen molar-refractivity contribution < 1.29 is 13.7 Å². The third kappa shape index (κ3) is 2.94. The Hall–Kier alpha value is -3.48. The zero-order valence-corrected chi connectivity index (χ0v) is 15.7. The number of aromatic nitrogens is 3. The highest BCUT2D eigenvalue weighted by Gasteiger charge is 2.21. The Bertz CT molecular complexity index is 1210. The van der Waals surface area contributed by atoms with Crippen LogP contribution in [0.25, 0.3) is 22.0 Å². The molecule has 1 aromatic carbocycles. The van der Waals surface area contributed by atoms with Crippen LogP contribution in [0.1, 0.15) is 17.1 Å². The predicted molar refractivity (Wildman–Crippen MR) is 103 cm³/mol. The molecule has 0 fully saturated rings. The fraction of sp³-hybridized carbons (Fsp3) is 0.190. The lowest BCUT2D eigenvalue weighted by atomic mass is 9.99. The molecule has 28 heavy (non-hydrogen) atoms. The molecule has 0 spiro atoms. The van der Waals surface area contributed by atoms with Gasteiger partial charge in [-0.2, -0.15) is 0 Å². The highest BCUT2D eigenvalue weighted by Crippen LogP contribution is 2.39. The summed E-state index contributed by atoms with van der Waals surface area (Å²) >= 11 is 0. The molecule has 0 aliphatic heterocycles. The van der Waals surface area contributed by atoms with Crippen molar-refractivity contribution in [3.8, 4) is 16.9 Å². The zero-order valence-electron chi connectivity index (χ0n) is 15.7. The molecule has 0 unspecified atom stereocenters. The Morgan fingerprint density at radius 1 is 1.11 bits per heavy atom. The van der Waals surface area contributed by atoms with E-state index in [1.165, 1.54) is 12.1 Å². The second kappa shape index (κ2) is 6.92. The highest BCUT2D eigenvalue weighted by molar-refractivity contribution is 5.98. The van der Waals surface area contributed by atoms with E-state index in [2.05, 4.69) is 10.1 Å². The third-order valence-electron chi connectivity index (χ3n) is 4.72. The monoisotopic (exact) mass is 379 g/mol. The molecule has 6 nitrogen and oxygen atoms in total. The van der Waals surface area contributed by atoms with Gasteiger partial charge in [0.05, 0.1) is 47.9 Å². The van der Waals surface area contributed by atoms with Crippen molar-refractivity contribution in [1.29, 1.82) is 0 Å². The quantitative estimate of drug-likeness (QED) is 0.538. The van der Waals surface area contributed by atoms with Crippen molar-refractivity contribution in [2.24, 2.45) is 0 Å². The van der Waals surface area contributed by atoms with E-state index < -0.39 is 5.82 Å². The molecule has 0 saturated carbocycles. The number of halogens is 1. The Kier molecular flexibility index (Phi) is 4.43. The van der Waals surface area contributed by atoms with E-state index in [0.29, 0.717) is 28.4 Å². The van der Waals surface area contributed by atoms with Crippen LogP contribution in [0.15, 0.2) is 51.9 Å². The third-order valence-corrected chi connectivity index (χ3v) is 4.72. The summed E-state index contributed by atoms with van der Waals surface area (Å²) in [5, 5.41) is 4.91. The van der Waals surface area contributed by atoms with Gasteiger partial charge in [0.1, 0.15) is 17.3 Å². The van der Waals surface area contributed by atoms with Gasteiger partial charge < -0.3 is 13.8 Å². The van der Waals surface area contributed by atoms with E-state index in [1.54, 1.807) is 23.8 Å². The number of methoxy groups -OCH3 is 1. The van der Waals surface area contributed by atoms with Crippen LogP contribution in [0.3, 0.4) is 0 Å². The van der Waals surface area contributed by atoms with Crippen LogP contribution < -0.4 is 10.3 Å². The lowest BCUT2D eigenvalue weighted by Gasteiger charge is -2.17. The summed E-state index contributed by atoms with van der Waals surface area (Å²) in [5.74, 6) is 0.812. The molecular formula is C21H18FN3O3. The van der Waals surface area contributed by atoms with E-state index in [4.69, 9.17) is 9.26 Å². The Labute approximate surface area is 160 Å². The molecule has 0 atom stereocenters. The Balaban J connectivity index is 2.06. The number of aryl methyl sites for hydroxylation is 2. The van der Waals surface area contributed by atoms with Gasteiger partial charge in [-0.25, -0.2) is 4.39 Å². The van der Waals surface area contributed by atoms with E-state index in [1.807, 2.05) is 26.0 Å². The molecule has 0 radical (unpaired) electrons. The van der Waals surface area contributed by atoms with E-state index in [0.717, 1.165) is 22.7 Å². The van der Waals surface area contributed by atoms with Gasteiger partial charge in [0, 0.05) is 6.07 Å². The summed E-state index contributed by atoms with van der Waals surface area (Å²) in [6.07, 6.45) is 1.14. The lowest BCUT2D eigenvalue weighted by Crippen LogP contribution is -2.21. The molecule has 0 N–H and O–H groups in total. The number of ether oxygens (including phenoxy) is 1. The molecule has 0 aliphatic carbocycles. The number of nitrogens with zero attached hydrogens (tertiary/aromatic N) is 3. The van der Waals surface area contributed by atoms with Crippen LogP contribution in [0.4, 0.5) is 4.39 Å². The molecule has 0 saturated heterocycles. The Morgan fingerprint density at radius 3 is 2.54 bits per heavy atom. The van der Waals surface area contributed by atoms with Crippen LogP contribution in [-0.4, -0.2) is 21.8 Å². The lowest BCUT2D eigenvalue weighted by molar-refractivity contribution is 0.393. The van der Waals surface area contributed by atoms with Gasteiger partial charge in [0.15, 0.2) is 0 Å². The minimum absolute atomic E-state index is 0.194. The number of pyridine rings is 2. The molecule has 0 bridgehead atoms. The van der Waals surface area contributed by atoms with Crippen molar-refractivity contribution in [2.45, 2.75) is 20.4 Å². The molecular weight excluding hydrogens is 361 g/mol. The van der Waals surface area contributed by atoms with Crippen LogP contribution >= 0.6 is 0 Å². The smallest absolute Gasteiger partial charge is 0.251 e. The molecule has 4 aromatic rings. The first-order chi connectivity index (χ1) is 13.5. The van der Waals surface area contributed by atoms with Crippen molar-refractivity contribution in [3.63, 3.8) is 0 Å². The first-order valence-electron chi connectivity index (χ1n) is 8.74. The maximum atomic E-state index is 13.2. The van der Waals surface area contributed by atoms with Crippen molar-refractivity contribution >= 4 is 10.9 Å². The molecule has 0 amide bonds. The molecule has 3 heterocycles. The fourth-order valence-corrected chi connectivity index (χ4v) is 3.45. The van der Waals surface area contributed by atoms with Crippen LogP contribution in [0, 0.1) is 19.7 Å². The van der Waals surface area contributed by atoms with Crippen LogP contribution in [0.2, 0.25) is 0 Å². The van der Waals surface area contributed by atoms with Crippen molar-refractivity contribution in [3.05, 3.63) is 75.9 Å². The fourth-order valence-electron chi connectivity index (χ4n) is 3.45. The second-order valence-electron chi connectivity index (χ2n) is 6.51. The standard InChI is InChI=1S/C21H18FN3O3/c1-12-19(13(2)28-24-12)20-17(27-3)8-4-14-5-9-18(26)25(21(14)20)11-16-7-6-15(22)10-23-16/h4-10H,11H2,1-3H3. The largest absolute Gasteiger partial charge is 0.496 e. The molecule has 7 heteroatoms. The predicted octanol–water partition coefficient (Wildman–Crippen LogP) is 3.86. The highest BCUT2D eigenvalue weighted by atomic mass is 19.1. The van der Waals surface area contributed by atoms with Gasteiger partial charge in [0.25, 0.3) is 5.56 Å². The first kappa shape index (κ1) is 17.9. The van der Waals surface area contributed by atoms with Crippen molar-refractivity contribution in [1.82, 2.24) is 14.7 Å². The maximum absolute atomic E-state index is 13.2. The summed E-state index contributed by atoms with van der Waals surface area (Å²) in [5.41, 5.74) is 3.28. The van der Waals surface area contributed by atoms with Crippen LogP contribution in [0.5, 0.6) is 5.75 Å². The average molecular weight is 379 g/mol. The van der Waals surface area contributed by atoms with Crippen LogP contribution in [-0.2, 0) is 6.54 Å². The van der Waals surface area contributed by atoms with Gasteiger partial charge in [-0.1, -0.05) is 5.16 Å². The maximum Gasteiger partial charge on any atom is 0.251 e. The topological polar surface area (TPSA) is 70.2 Å². The minimum atomic E-state index is -0.424. The summed E-state index contributed by atoms with van der Waals surface area (Å²) in [6, 6.07) is 9.92. The van der Waals surface area contributed by atoms with Gasteiger partial charge in [-0.3, -0.25) is 9.78 Å². The van der Waals surface area contributed by atoms with E-state index in [9.17, 15) is 9.18 Å². The average Bonchev–Trinajstić information content (AvgIpc) is 3.02. The van der Waals surface area contributed by atoms with Crippen molar-refractivity contribution in [2.75, 3.05) is 7.11 Å². The molecule has 3 aromatic heterocycles. The number of fused-ring (bicyclic) bond motifs is 1. The summed E-state index contributed by atoms with van der Waals surface area (Å²) in [4.78, 5) is 16.9. The number of hydrogen-bond acceptors (Lipinski definition) is 5. The minimum Gasteiger partial charge on any atom is -0.496 e. The number of hydrogen-bond donors (Lipinski definition) is 0. The first-order valence-corrected chi connectivity index (χ1v) is 8.74. The van der Waals surface area contributed by atoms with E-state index >= 15 is 0 Å². The Morgan fingerprint density at radius 2 is 1.89 bits per heavy atom. The van der Waals surface area contributed by atoms with Gasteiger partial charge in [-0.15, -0.1) is 0 Å². The number of benzene rings is 1. The molecule has 142 valence electrons. The summed E-state index contributed by atoms with van der Waals surface area (Å²) < 4.78 is 25.8. The van der Waals surface area contributed by atoms with E-state index in [-0.39, 0.29) is 12.1 Å². The van der Waals surface area contributed by atoms with Gasteiger partial charge in [0.2, 0.25) is 0 Å². The van der Waals surface area contributed by atoms with Gasteiger partial charge >= 0.3 is 0 Å². The zero-order chi connectivity index (χ0) is 19.8. The summed E-state index contributed by atoms with van der Waals surface area (Å²) in [6.45, 7) is 3.86. The van der Waals surface area contributed by atoms with Gasteiger partial charge in [-0.05, 0) is 49.6 Å². The second-order valence-corrected chi connectivity index (χ2v) is 6.51. The molecule has 0 aliphatic rings.